The monoisotopic (exact) mass is 217 g/mol. The lowest BCUT2D eigenvalue weighted by Crippen LogP contribution is -2.26. The quantitative estimate of drug-likeness (QED) is 0.827. The second kappa shape index (κ2) is 3.88. The molecule has 0 saturated carbocycles. The van der Waals surface area contributed by atoms with E-state index in [1.165, 1.54) is 0 Å². The molecule has 0 aliphatic rings. The molecule has 0 aromatic carbocycles. The van der Waals surface area contributed by atoms with Crippen LogP contribution in [0.4, 0.5) is 0 Å². The summed E-state index contributed by atoms with van der Waals surface area (Å²) >= 11 is 3.35. The van der Waals surface area contributed by atoms with E-state index in [0.29, 0.717) is 6.04 Å². The zero-order valence-electron chi connectivity index (χ0n) is 6.71. The minimum absolute atomic E-state index is 0.473. The summed E-state index contributed by atoms with van der Waals surface area (Å²) in [5.74, 6) is 0. The summed E-state index contributed by atoms with van der Waals surface area (Å²) in [6.07, 6.45) is 3.74. The highest BCUT2D eigenvalue weighted by Crippen LogP contribution is 2.06. The molecular formula is C7H12BrN3. The molecule has 1 N–H and O–H groups in total. The Bertz CT molecular complexity index is 221. The summed E-state index contributed by atoms with van der Waals surface area (Å²) in [7, 11) is 1.95. The molecule has 1 heterocycles. The predicted octanol–water partition coefficient (Wildman–Crippen LogP) is 1.25. The number of hydrogen-bond donors (Lipinski definition) is 1. The van der Waals surface area contributed by atoms with Gasteiger partial charge in [0.05, 0.1) is 0 Å². The van der Waals surface area contributed by atoms with Crippen LogP contribution in [0.2, 0.25) is 0 Å². The van der Waals surface area contributed by atoms with Crippen LogP contribution < -0.4 is 5.32 Å². The Hall–Kier alpha value is -0.350. The number of aromatic nitrogens is 2. The lowest BCUT2D eigenvalue weighted by Gasteiger charge is -2.10. The third kappa shape index (κ3) is 2.31. The standard InChI is InChI=1S/C7H12BrN3/c1-6(9-2)5-11-4-3-10-7(11)8/h3-4,6,9H,5H2,1-2H3. The summed E-state index contributed by atoms with van der Waals surface area (Å²) < 4.78 is 2.95. The van der Waals surface area contributed by atoms with Crippen LogP contribution in [0.1, 0.15) is 6.92 Å². The van der Waals surface area contributed by atoms with Crippen molar-refractivity contribution in [1.82, 2.24) is 14.9 Å². The summed E-state index contributed by atoms with van der Waals surface area (Å²) in [6, 6.07) is 0.473. The number of nitrogens with one attached hydrogen (secondary N) is 1. The highest BCUT2D eigenvalue weighted by Gasteiger charge is 2.01. The number of likely N-dealkylation sites (N-methyl/N-ethyl adjacent to an activating group) is 1. The van der Waals surface area contributed by atoms with Crippen LogP contribution in [0.5, 0.6) is 0 Å². The van der Waals surface area contributed by atoms with Crippen molar-refractivity contribution < 1.29 is 0 Å². The number of rotatable bonds is 3. The molecule has 11 heavy (non-hydrogen) atoms. The van der Waals surface area contributed by atoms with Crippen LogP contribution in [0.25, 0.3) is 0 Å². The second-order valence-electron chi connectivity index (χ2n) is 2.54. The Morgan fingerprint density at radius 2 is 2.55 bits per heavy atom. The molecular weight excluding hydrogens is 206 g/mol. The number of nitrogens with zero attached hydrogens (tertiary/aromatic N) is 2. The van der Waals surface area contributed by atoms with Gasteiger partial charge in [0.2, 0.25) is 0 Å². The van der Waals surface area contributed by atoms with E-state index in [1.54, 1.807) is 6.20 Å². The largest absolute Gasteiger partial charge is 0.324 e. The third-order valence-corrected chi connectivity index (χ3v) is 2.29. The zero-order chi connectivity index (χ0) is 8.27. The smallest absolute Gasteiger partial charge is 0.177 e. The third-order valence-electron chi connectivity index (χ3n) is 1.63. The van der Waals surface area contributed by atoms with E-state index in [0.717, 1.165) is 11.3 Å². The van der Waals surface area contributed by atoms with E-state index < -0.39 is 0 Å². The van der Waals surface area contributed by atoms with Gasteiger partial charge in [-0.1, -0.05) is 0 Å². The molecule has 0 saturated heterocycles. The summed E-state index contributed by atoms with van der Waals surface area (Å²) in [4.78, 5) is 4.06. The minimum Gasteiger partial charge on any atom is -0.324 e. The van der Waals surface area contributed by atoms with E-state index in [4.69, 9.17) is 0 Å². The average Bonchev–Trinajstić information content (AvgIpc) is 2.37. The predicted molar refractivity (Wildman–Crippen MR) is 48.4 cm³/mol. The van der Waals surface area contributed by atoms with Crippen molar-refractivity contribution in [1.29, 1.82) is 0 Å². The molecule has 0 radical (unpaired) electrons. The van der Waals surface area contributed by atoms with Crippen LogP contribution in [-0.2, 0) is 6.54 Å². The molecule has 0 fully saturated rings. The van der Waals surface area contributed by atoms with E-state index in [2.05, 4.69) is 37.7 Å². The van der Waals surface area contributed by atoms with Crippen LogP contribution >= 0.6 is 15.9 Å². The fourth-order valence-electron chi connectivity index (χ4n) is 0.833. The van der Waals surface area contributed by atoms with E-state index in [1.807, 2.05) is 13.2 Å². The number of imidazole rings is 1. The van der Waals surface area contributed by atoms with Crippen molar-refractivity contribution in [3.63, 3.8) is 0 Å². The van der Waals surface area contributed by atoms with Crippen LogP contribution in [0.15, 0.2) is 17.1 Å². The van der Waals surface area contributed by atoms with Gasteiger partial charge < -0.3 is 9.88 Å². The van der Waals surface area contributed by atoms with Gasteiger partial charge in [0.15, 0.2) is 4.73 Å². The SMILES string of the molecule is CNC(C)Cn1ccnc1Br. The Morgan fingerprint density at radius 3 is 3.00 bits per heavy atom. The lowest BCUT2D eigenvalue weighted by molar-refractivity contribution is 0.509. The molecule has 0 aliphatic carbocycles. The fourth-order valence-corrected chi connectivity index (χ4v) is 1.21. The van der Waals surface area contributed by atoms with Gasteiger partial charge in [-0.25, -0.2) is 4.98 Å². The first-order valence-corrected chi connectivity index (χ1v) is 4.37. The first-order valence-electron chi connectivity index (χ1n) is 3.58. The van der Waals surface area contributed by atoms with Crippen LogP contribution in [0, 0.1) is 0 Å². The Kier molecular flexibility index (Phi) is 3.08. The molecule has 4 heteroatoms. The maximum absolute atomic E-state index is 4.06. The van der Waals surface area contributed by atoms with Gasteiger partial charge in [-0.05, 0) is 29.9 Å². The van der Waals surface area contributed by atoms with Gasteiger partial charge in [-0.3, -0.25) is 0 Å². The van der Waals surface area contributed by atoms with Gasteiger partial charge in [0.1, 0.15) is 0 Å². The minimum atomic E-state index is 0.473. The summed E-state index contributed by atoms with van der Waals surface area (Å²) in [5.41, 5.74) is 0. The van der Waals surface area contributed by atoms with Crippen LogP contribution in [-0.4, -0.2) is 22.6 Å². The zero-order valence-corrected chi connectivity index (χ0v) is 8.30. The highest BCUT2D eigenvalue weighted by atomic mass is 79.9. The van der Waals surface area contributed by atoms with Crippen LogP contribution in [0.3, 0.4) is 0 Å². The first-order chi connectivity index (χ1) is 5.24. The second-order valence-corrected chi connectivity index (χ2v) is 3.25. The molecule has 0 spiro atoms. The average molecular weight is 218 g/mol. The van der Waals surface area contributed by atoms with E-state index in [-0.39, 0.29) is 0 Å². The molecule has 0 amide bonds. The van der Waals surface area contributed by atoms with Crippen molar-refractivity contribution in [3.05, 3.63) is 17.1 Å². The van der Waals surface area contributed by atoms with Crippen molar-refractivity contribution in [2.75, 3.05) is 7.05 Å². The molecule has 0 bridgehead atoms. The Morgan fingerprint density at radius 1 is 1.82 bits per heavy atom. The molecule has 1 aromatic rings. The fraction of sp³-hybridized carbons (Fsp3) is 0.571. The van der Waals surface area contributed by atoms with Gasteiger partial charge in [-0.2, -0.15) is 0 Å². The topological polar surface area (TPSA) is 29.9 Å². The van der Waals surface area contributed by atoms with Gasteiger partial charge in [-0.15, -0.1) is 0 Å². The molecule has 1 atom stereocenters. The van der Waals surface area contributed by atoms with Crippen molar-refractivity contribution in [2.45, 2.75) is 19.5 Å². The molecule has 1 unspecified atom stereocenters. The highest BCUT2D eigenvalue weighted by molar-refractivity contribution is 9.10. The molecule has 0 aliphatic heterocycles. The number of hydrogen-bond acceptors (Lipinski definition) is 2. The molecule has 1 rings (SSSR count). The molecule has 62 valence electrons. The molecule has 1 aromatic heterocycles. The summed E-state index contributed by atoms with van der Waals surface area (Å²) in [6.45, 7) is 3.07. The van der Waals surface area contributed by atoms with Gasteiger partial charge in [0.25, 0.3) is 0 Å². The Labute approximate surface area is 74.9 Å². The van der Waals surface area contributed by atoms with Crippen molar-refractivity contribution >= 4 is 15.9 Å². The van der Waals surface area contributed by atoms with Gasteiger partial charge >= 0.3 is 0 Å². The Balaban J connectivity index is 2.56. The first kappa shape index (κ1) is 8.74. The van der Waals surface area contributed by atoms with Crippen molar-refractivity contribution in [3.8, 4) is 0 Å². The normalized spacial score (nSPS) is 13.4. The molecule has 3 nitrogen and oxygen atoms in total. The van der Waals surface area contributed by atoms with Crippen molar-refractivity contribution in [2.24, 2.45) is 0 Å². The lowest BCUT2D eigenvalue weighted by atomic mass is 10.3. The van der Waals surface area contributed by atoms with Gasteiger partial charge in [0, 0.05) is 25.0 Å². The number of halogens is 1. The summed E-state index contributed by atoms with van der Waals surface area (Å²) in [5, 5.41) is 3.16. The van der Waals surface area contributed by atoms with E-state index >= 15 is 0 Å². The van der Waals surface area contributed by atoms with E-state index in [9.17, 15) is 0 Å². The maximum atomic E-state index is 4.06. The maximum Gasteiger partial charge on any atom is 0.177 e.